The topological polar surface area (TPSA) is 41.6 Å². The SMILES string of the molecule is CC(C(=O)Nc1cc(Cl)ccc1Cl)N1CCOCC1. The molecule has 19 heavy (non-hydrogen) atoms. The van der Waals surface area contributed by atoms with Crippen LogP contribution in [0.2, 0.25) is 10.0 Å². The number of nitrogens with zero attached hydrogens (tertiary/aromatic N) is 1. The van der Waals surface area contributed by atoms with Crippen LogP contribution in [0.1, 0.15) is 6.92 Å². The van der Waals surface area contributed by atoms with Crippen molar-refractivity contribution < 1.29 is 9.53 Å². The number of carbonyl (C=O) groups excluding carboxylic acids is 1. The summed E-state index contributed by atoms with van der Waals surface area (Å²) in [5.74, 6) is -0.0916. The van der Waals surface area contributed by atoms with Crippen molar-refractivity contribution in [2.75, 3.05) is 31.6 Å². The summed E-state index contributed by atoms with van der Waals surface area (Å²) < 4.78 is 5.27. The van der Waals surface area contributed by atoms with Crippen molar-refractivity contribution in [3.63, 3.8) is 0 Å². The fourth-order valence-electron chi connectivity index (χ4n) is 1.96. The zero-order valence-electron chi connectivity index (χ0n) is 10.7. The molecule has 0 spiro atoms. The van der Waals surface area contributed by atoms with Gasteiger partial charge in [-0.25, -0.2) is 0 Å². The van der Waals surface area contributed by atoms with Gasteiger partial charge in [0.1, 0.15) is 0 Å². The van der Waals surface area contributed by atoms with Crippen LogP contribution >= 0.6 is 23.2 Å². The van der Waals surface area contributed by atoms with E-state index < -0.39 is 0 Å². The smallest absolute Gasteiger partial charge is 0.241 e. The highest BCUT2D eigenvalue weighted by Crippen LogP contribution is 2.25. The second-order valence-corrected chi connectivity index (χ2v) is 5.28. The lowest BCUT2D eigenvalue weighted by Crippen LogP contribution is -2.47. The van der Waals surface area contributed by atoms with Crippen molar-refractivity contribution in [3.8, 4) is 0 Å². The molecule has 1 amide bonds. The van der Waals surface area contributed by atoms with Gasteiger partial charge in [-0.05, 0) is 25.1 Å². The maximum Gasteiger partial charge on any atom is 0.241 e. The molecule has 0 bridgehead atoms. The summed E-state index contributed by atoms with van der Waals surface area (Å²) in [5.41, 5.74) is 0.541. The normalized spacial score (nSPS) is 18.1. The Balaban J connectivity index is 2.01. The summed E-state index contributed by atoms with van der Waals surface area (Å²) in [7, 11) is 0. The van der Waals surface area contributed by atoms with Crippen LogP contribution in [0.4, 0.5) is 5.69 Å². The summed E-state index contributed by atoms with van der Waals surface area (Å²) in [4.78, 5) is 14.3. The molecule has 0 aliphatic carbocycles. The fourth-order valence-corrected chi connectivity index (χ4v) is 2.30. The highest BCUT2D eigenvalue weighted by molar-refractivity contribution is 6.35. The lowest BCUT2D eigenvalue weighted by molar-refractivity contribution is -0.122. The molecular weight excluding hydrogens is 287 g/mol. The number of amides is 1. The molecule has 1 saturated heterocycles. The minimum atomic E-state index is -0.223. The minimum Gasteiger partial charge on any atom is -0.379 e. The molecule has 1 aromatic carbocycles. The van der Waals surface area contributed by atoms with Gasteiger partial charge >= 0.3 is 0 Å². The number of ether oxygens (including phenoxy) is 1. The molecule has 1 N–H and O–H groups in total. The first-order valence-corrected chi connectivity index (χ1v) is 6.91. The van der Waals surface area contributed by atoms with Crippen molar-refractivity contribution >= 4 is 34.8 Å². The number of benzene rings is 1. The summed E-state index contributed by atoms with van der Waals surface area (Å²) >= 11 is 11.9. The highest BCUT2D eigenvalue weighted by atomic mass is 35.5. The van der Waals surface area contributed by atoms with Gasteiger partial charge in [-0.15, -0.1) is 0 Å². The van der Waals surface area contributed by atoms with Gasteiger partial charge in [0.2, 0.25) is 5.91 Å². The number of anilines is 1. The molecule has 0 saturated carbocycles. The van der Waals surface area contributed by atoms with Crippen molar-refractivity contribution in [1.82, 2.24) is 4.90 Å². The Morgan fingerprint density at radius 3 is 2.74 bits per heavy atom. The van der Waals surface area contributed by atoms with Gasteiger partial charge in [0.15, 0.2) is 0 Å². The zero-order chi connectivity index (χ0) is 13.8. The summed E-state index contributed by atoms with van der Waals surface area (Å²) in [6, 6.07) is 4.77. The van der Waals surface area contributed by atoms with Gasteiger partial charge in [0.05, 0.1) is 30.0 Å². The average Bonchev–Trinajstić information content (AvgIpc) is 2.43. The minimum absolute atomic E-state index is 0.0916. The first-order chi connectivity index (χ1) is 9.08. The van der Waals surface area contributed by atoms with E-state index >= 15 is 0 Å². The Morgan fingerprint density at radius 1 is 1.37 bits per heavy atom. The van der Waals surface area contributed by atoms with Gasteiger partial charge in [-0.3, -0.25) is 9.69 Å². The van der Waals surface area contributed by atoms with Crippen LogP contribution in [-0.2, 0) is 9.53 Å². The average molecular weight is 303 g/mol. The van der Waals surface area contributed by atoms with Crippen molar-refractivity contribution in [2.24, 2.45) is 0 Å². The molecule has 6 heteroatoms. The number of halogens is 2. The molecule has 0 aromatic heterocycles. The van der Waals surface area contributed by atoms with Crippen LogP contribution in [0.5, 0.6) is 0 Å². The van der Waals surface area contributed by atoms with E-state index in [1.165, 1.54) is 0 Å². The lowest BCUT2D eigenvalue weighted by Gasteiger charge is -2.31. The van der Waals surface area contributed by atoms with E-state index in [4.69, 9.17) is 27.9 Å². The quantitative estimate of drug-likeness (QED) is 0.933. The van der Waals surface area contributed by atoms with Crippen LogP contribution in [0.3, 0.4) is 0 Å². The van der Waals surface area contributed by atoms with Gasteiger partial charge in [-0.1, -0.05) is 23.2 Å². The van der Waals surface area contributed by atoms with Gasteiger partial charge in [0.25, 0.3) is 0 Å². The molecule has 1 fully saturated rings. The lowest BCUT2D eigenvalue weighted by atomic mass is 10.2. The fraction of sp³-hybridized carbons (Fsp3) is 0.462. The largest absolute Gasteiger partial charge is 0.379 e. The van der Waals surface area contributed by atoms with E-state index in [-0.39, 0.29) is 11.9 Å². The molecule has 1 aliphatic heterocycles. The van der Waals surface area contributed by atoms with Gasteiger partial charge < -0.3 is 10.1 Å². The maximum atomic E-state index is 12.2. The van der Waals surface area contributed by atoms with Crippen LogP contribution in [0.15, 0.2) is 18.2 Å². The second-order valence-electron chi connectivity index (χ2n) is 4.44. The predicted molar refractivity (Wildman–Crippen MR) is 76.9 cm³/mol. The summed E-state index contributed by atoms with van der Waals surface area (Å²) in [6.07, 6.45) is 0. The molecular formula is C13H16Cl2N2O2. The molecule has 1 unspecified atom stereocenters. The number of nitrogens with one attached hydrogen (secondary N) is 1. The molecule has 1 atom stereocenters. The number of morpholine rings is 1. The van der Waals surface area contributed by atoms with Gasteiger partial charge in [-0.2, -0.15) is 0 Å². The standard InChI is InChI=1S/C13H16Cl2N2O2/c1-9(17-4-6-19-7-5-17)13(18)16-12-8-10(14)2-3-11(12)15/h2-3,8-9H,4-7H2,1H3,(H,16,18). The number of hydrogen-bond donors (Lipinski definition) is 1. The summed E-state index contributed by atoms with van der Waals surface area (Å²) in [6.45, 7) is 4.72. The molecule has 4 nitrogen and oxygen atoms in total. The Hall–Kier alpha value is -0.810. The van der Waals surface area contributed by atoms with E-state index in [2.05, 4.69) is 10.2 Å². The third kappa shape index (κ3) is 3.83. The number of carbonyl (C=O) groups is 1. The molecule has 1 aliphatic rings. The van der Waals surface area contributed by atoms with E-state index in [1.54, 1.807) is 18.2 Å². The van der Waals surface area contributed by atoms with Crippen LogP contribution < -0.4 is 5.32 Å². The molecule has 104 valence electrons. The zero-order valence-corrected chi connectivity index (χ0v) is 12.2. The van der Waals surface area contributed by atoms with E-state index in [1.807, 2.05) is 6.92 Å². The van der Waals surface area contributed by atoms with Crippen LogP contribution in [0.25, 0.3) is 0 Å². The predicted octanol–water partition coefficient (Wildman–Crippen LogP) is 2.65. The monoisotopic (exact) mass is 302 g/mol. The first-order valence-electron chi connectivity index (χ1n) is 6.15. The first kappa shape index (κ1) is 14.6. The van der Waals surface area contributed by atoms with Crippen molar-refractivity contribution in [2.45, 2.75) is 13.0 Å². The van der Waals surface area contributed by atoms with Gasteiger partial charge in [0, 0.05) is 18.1 Å². The Kier molecular flexibility index (Phi) is 5.05. The second kappa shape index (κ2) is 6.57. The highest BCUT2D eigenvalue weighted by Gasteiger charge is 2.23. The molecule has 2 rings (SSSR count). The van der Waals surface area contributed by atoms with Crippen molar-refractivity contribution in [1.29, 1.82) is 0 Å². The Bertz CT molecular complexity index is 462. The summed E-state index contributed by atoms with van der Waals surface area (Å²) in [5, 5.41) is 3.83. The van der Waals surface area contributed by atoms with Crippen molar-refractivity contribution in [3.05, 3.63) is 28.2 Å². The maximum absolute atomic E-state index is 12.2. The molecule has 1 aromatic rings. The van der Waals surface area contributed by atoms with Crippen LogP contribution in [0, 0.1) is 0 Å². The molecule has 1 heterocycles. The van der Waals surface area contributed by atoms with Crippen LogP contribution in [-0.4, -0.2) is 43.2 Å². The van der Waals surface area contributed by atoms with E-state index in [9.17, 15) is 4.79 Å². The Labute approximate surface area is 122 Å². The Morgan fingerprint density at radius 2 is 2.05 bits per heavy atom. The third-order valence-electron chi connectivity index (χ3n) is 3.16. The third-order valence-corrected chi connectivity index (χ3v) is 3.72. The number of hydrogen-bond acceptors (Lipinski definition) is 3. The number of rotatable bonds is 3. The molecule has 0 radical (unpaired) electrons. The van der Waals surface area contributed by atoms with E-state index in [0.717, 1.165) is 13.1 Å². The van der Waals surface area contributed by atoms with E-state index in [0.29, 0.717) is 28.9 Å².